The molecule has 0 bridgehead atoms. The fourth-order valence-electron chi connectivity index (χ4n) is 2.47. The molecule has 0 saturated heterocycles. The SMILES string of the molecule is CC(C)C(NC(=O)CNC(=O)C(N)CO)C(=O)NC(Cc1ccc(O)cc1)C(=O)O. The molecule has 8 N–H and O–H groups in total. The predicted molar refractivity (Wildman–Crippen MR) is 106 cm³/mol. The Labute approximate surface area is 173 Å². The minimum Gasteiger partial charge on any atom is -0.508 e. The number of aromatic hydroxyl groups is 1. The Morgan fingerprint density at radius 2 is 1.63 bits per heavy atom. The second-order valence-electron chi connectivity index (χ2n) is 7.07. The molecule has 3 atom stereocenters. The molecule has 1 aromatic carbocycles. The molecule has 11 nitrogen and oxygen atoms in total. The van der Waals surface area contributed by atoms with Gasteiger partial charge in [0.15, 0.2) is 0 Å². The Morgan fingerprint density at radius 1 is 1.03 bits per heavy atom. The van der Waals surface area contributed by atoms with Crippen molar-refractivity contribution in [3.05, 3.63) is 29.8 Å². The van der Waals surface area contributed by atoms with Crippen LogP contribution in [0.3, 0.4) is 0 Å². The van der Waals surface area contributed by atoms with Crippen LogP contribution in [0.25, 0.3) is 0 Å². The van der Waals surface area contributed by atoms with Crippen molar-refractivity contribution >= 4 is 23.7 Å². The lowest BCUT2D eigenvalue weighted by molar-refractivity contribution is -0.142. The normalized spacial score (nSPS) is 13.8. The smallest absolute Gasteiger partial charge is 0.326 e. The topological polar surface area (TPSA) is 191 Å². The third-order valence-electron chi connectivity index (χ3n) is 4.21. The molecule has 1 rings (SSSR count). The molecule has 0 radical (unpaired) electrons. The van der Waals surface area contributed by atoms with E-state index in [9.17, 15) is 29.4 Å². The summed E-state index contributed by atoms with van der Waals surface area (Å²) in [6.45, 7) is 2.29. The largest absolute Gasteiger partial charge is 0.508 e. The lowest BCUT2D eigenvalue weighted by Crippen LogP contribution is -2.56. The fourth-order valence-corrected chi connectivity index (χ4v) is 2.47. The van der Waals surface area contributed by atoms with E-state index in [0.29, 0.717) is 5.56 Å². The second-order valence-corrected chi connectivity index (χ2v) is 7.07. The quantitative estimate of drug-likeness (QED) is 0.214. The minimum absolute atomic E-state index is 0.0186. The van der Waals surface area contributed by atoms with E-state index in [2.05, 4.69) is 16.0 Å². The van der Waals surface area contributed by atoms with Gasteiger partial charge in [0.25, 0.3) is 0 Å². The first-order chi connectivity index (χ1) is 14.0. The van der Waals surface area contributed by atoms with Crippen molar-refractivity contribution in [2.45, 2.75) is 38.4 Å². The van der Waals surface area contributed by atoms with E-state index in [1.54, 1.807) is 26.0 Å². The van der Waals surface area contributed by atoms with Gasteiger partial charge in [-0.05, 0) is 23.6 Å². The highest BCUT2D eigenvalue weighted by atomic mass is 16.4. The van der Waals surface area contributed by atoms with Gasteiger partial charge < -0.3 is 37.0 Å². The molecule has 0 spiro atoms. The van der Waals surface area contributed by atoms with E-state index in [1.165, 1.54) is 12.1 Å². The van der Waals surface area contributed by atoms with Crippen LogP contribution in [0, 0.1) is 5.92 Å². The number of carboxylic acid groups (broad SMARTS) is 1. The maximum atomic E-state index is 12.6. The number of hydrogen-bond donors (Lipinski definition) is 7. The zero-order valence-corrected chi connectivity index (χ0v) is 16.8. The van der Waals surface area contributed by atoms with Gasteiger partial charge in [-0.25, -0.2) is 4.79 Å². The summed E-state index contributed by atoms with van der Waals surface area (Å²) in [7, 11) is 0. The molecule has 3 unspecified atom stereocenters. The summed E-state index contributed by atoms with van der Waals surface area (Å²) in [4.78, 5) is 47.7. The lowest BCUT2D eigenvalue weighted by Gasteiger charge is -2.24. The summed E-state index contributed by atoms with van der Waals surface area (Å²) in [6.07, 6.45) is -0.0186. The highest BCUT2D eigenvalue weighted by Gasteiger charge is 2.29. The highest BCUT2D eigenvalue weighted by Crippen LogP contribution is 2.12. The Balaban J connectivity index is 2.73. The van der Waals surface area contributed by atoms with Crippen LogP contribution >= 0.6 is 0 Å². The Kier molecular flexibility index (Phi) is 9.72. The number of phenols is 1. The van der Waals surface area contributed by atoms with Crippen molar-refractivity contribution in [3.8, 4) is 5.75 Å². The monoisotopic (exact) mass is 424 g/mol. The van der Waals surface area contributed by atoms with Gasteiger partial charge >= 0.3 is 5.97 Å². The molecule has 30 heavy (non-hydrogen) atoms. The van der Waals surface area contributed by atoms with Crippen LogP contribution in [-0.4, -0.2) is 70.3 Å². The number of carbonyl (C=O) groups is 4. The maximum absolute atomic E-state index is 12.6. The van der Waals surface area contributed by atoms with Crippen LogP contribution in [0.15, 0.2) is 24.3 Å². The van der Waals surface area contributed by atoms with E-state index in [-0.39, 0.29) is 18.1 Å². The van der Waals surface area contributed by atoms with E-state index in [4.69, 9.17) is 10.8 Å². The van der Waals surface area contributed by atoms with Gasteiger partial charge in [-0.15, -0.1) is 0 Å². The molecular weight excluding hydrogens is 396 g/mol. The van der Waals surface area contributed by atoms with E-state index < -0.39 is 55.0 Å². The molecule has 3 amide bonds. The average molecular weight is 424 g/mol. The van der Waals surface area contributed by atoms with Gasteiger partial charge in [-0.1, -0.05) is 26.0 Å². The fraction of sp³-hybridized carbons (Fsp3) is 0.474. The predicted octanol–water partition coefficient (Wildman–Crippen LogP) is -1.92. The van der Waals surface area contributed by atoms with Crippen molar-refractivity contribution < 1.29 is 34.5 Å². The van der Waals surface area contributed by atoms with Crippen LogP contribution < -0.4 is 21.7 Å². The van der Waals surface area contributed by atoms with Crippen LogP contribution in [0.2, 0.25) is 0 Å². The third kappa shape index (κ3) is 8.05. The summed E-state index contributed by atoms with van der Waals surface area (Å²) in [5.74, 6) is -3.68. The van der Waals surface area contributed by atoms with Crippen molar-refractivity contribution in [1.29, 1.82) is 0 Å². The molecule has 1 aromatic rings. The van der Waals surface area contributed by atoms with E-state index in [1.807, 2.05) is 0 Å². The molecule has 0 aromatic heterocycles. The highest BCUT2D eigenvalue weighted by molar-refractivity contribution is 5.92. The summed E-state index contributed by atoms with van der Waals surface area (Å²) in [5.41, 5.74) is 5.92. The lowest BCUT2D eigenvalue weighted by atomic mass is 10.0. The number of hydrogen-bond acceptors (Lipinski definition) is 7. The zero-order chi connectivity index (χ0) is 22.8. The number of carboxylic acids is 1. The number of benzene rings is 1. The number of nitrogens with two attached hydrogens (primary N) is 1. The Morgan fingerprint density at radius 3 is 2.13 bits per heavy atom. The number of rotatable bonds is 11. The number of phenolic OH excluding ortho intramolecular Hbond substituents is 1. The van der Waals surface area contributed by atoms with Gasteiger partial charge in [-0.3, -0.25) is 14.4 Å². The first-order valence-corrected chi connectivity index (χ1v) is 9.29. The van der Waals surface area contributed by atoms with Crippen LogP contribution in [0.5, 0.6) is 5.75 Å². The Hall–Kier alpha value is -3.18. The van der Waals surface area contributed by atoms with Gasteiger partial charge in [0.2, 0.25) is 17.7 Å². The molecule has 0 heterocycles. The van der Waals surface area contributed by atoms with Crippen molar-refractivity contribution in [2.24, 2.45) is 11.7 Å². The molecule has 0 aliphatic heterocycles. The third-order valence-corrected chi connectivity index (χ3v) is 4.21. The maximum Gasteiger partial charge on any atom is 0.326 e. The van der Waals surface area contributed by atoms with E-state index in [0.717, 1.165) is 0 Å². The number of nitrogens with one attached hydrogen (secondary N) is 3. The van der Waals surface area contributed by atoms with Crippen LogP contribution in [0.1, 0.15) is 19.4 Å². The van der Waals surface area contributed by atoms with Crippen molar-refractivity contribution in [1.82, 2.24) is 16.0 Å². The number of amides is 3. The molecule has 0 aliphatic carbocycles. The first kappa shape index (κ1) is 24.9. The van der Waals surface area contributed by atoms with Crippen LogP contribution in [-0.2, 0) is 25.6 Å². The number of aliphatic carboxylic acids is 1. The standard InChI is InChI=1S/C19H28N4O7/c1-10(2)16(23-15(26)8-21-17(27)13(20)9-24)18(28)22-14(19(29)30)7-11-3-5-12(25)6-4-11/h3-6,10,13-14,16,24-25H,7-9,20H2,1-2H3,(H,21,27)(H,22,28)(H,23,26)(H,29,30). The second kappa shape index (κ2) is 11.7. The van der Waals surface area contributed by atoms with Gasteiger partial charge in [0.1, 0.15) is 23.9 Å². The number of aliphatic hydroxyl groups excluding tert-OH is 1. The van der Waals surface area contributed by atoms with Gasteiger partial charge in [0, 0.05) is 6.42 Å². The van der Waals surface area contributed by atoms with Gasteiger partial charge in [-0.2, -0.15) is 0 Å². The van der Waals surface area contributed by atoms with Gasteiger partial charge in [0.05, 0.1) is 13.2 Å². The van der Waals surface area contributed by atoms with E-state index >= 15 is 0 Å². The van der Waals surface area contributed by atoms with Crippen LogP contribution in [0.4, 0.5) is 0 Å². The molecule has 0 saturated carbocycles. The zero-order valence-electron chi connectivity index (χ0n) is 16.8. The molecule has 0 aliphatic rings. The first-order valence-electron chi connectivity index (χ1n) is 9.29. The summed E-state index contributed by atoms with van der Waals surface area (Å²) in [6, 6.07) is 2.44. The molecular formula is C19H28N4O7. The van der Waals surface area contributed by atoms with Crippen molar-refractivity contribution in [2.75, 3.05) is 13.2 Å². The number of aliphatic hydroxyl groups is 1. The molecule has 0 fully saturated rings. The minimum atomic E-state index is -1.25. The Bertz CT molecular complexity index is 752. The summed E-state index contributed by atoms with van der Waals surface area (Å²) < 4.78 is 0. The van der Waals surface area contributed by atoms with Crippen molar-refractivity contribution in [3.63, 3.8) is 0 Å². The summed E-state index contributed by atoms with van der Waals surface area (Å²) in [5, 5.41) is 34.6. The number of carbonyl (C=O) groups excluding carboxylic acids is 3. The molecule has 11 heteroatoms. The molecule has 166 valence electrons. The average Bonchev–Trinajstić information content (AvgIpc) is 2.70. The summed E-state index contributed by atoms with van der Waals surface area (Å²) >= 11 is 0.